The van der Waals surface area contributed by atoms with Crippen LogP contribution in [-0.4, -0.2) is 9.55 Å². The zero-order valence-corrected chi connectivity index (χ0v) is 17.2. The van der Waals surface area contributed by atoms with Crippen LogP contribution in [0.5, 0.6) is 0 Å². The standard InChI is InChI=1S/C25H22ClN3/c1-16(2)17-7-9-18(10-8-17)22-15-24(19-11-13-20(26)14-12-19)29-23-6-4-3-5-21(23)27-25(29)28-22/h3-16,24H,1-2H3,(H,27,28). The molecule has 1 aliphatic heterocycles. The van der Waals surface area contributed by atoms with Crippen LogP contribution in [0.2, 0.25) is 5.02 Å². The minimum absolute atomic E-state index is 0.0377. The topological polar surface area (TPSA) is 29.9 Å². The van der Waals surface area contributed by atoms with Crippen molar-refractivity contribution in [3.8, 4) is 0 Å². The molecule has 0 amide bonds. The highest BCUT2D eigenvalue weighted by Crippen LogP contribution is 2.37. The van der Waals surface area contributed by atoms with E-state index in [2.05, 4.69) is 84.4 Å². The molecule has 0 saturated carbocycles. The minimum Gasteiger partial charge on any atom is -0.325 e. The summed E-state index contributed by atoms with van der Waals surface area (Å²) >= 11 is 6.14. The van der Waals surface area contributed by atoms with Crippen molar-refractivity contribution < 1.29 is 0 Å². The first-order chi connectivity index (χ1) is 14.1. The summed E-state index contributed by atoms with van der Waals surface area (Å²) in [5.41, 5.74) is 6.84. The molecule has 1 unspecified atom stereocenters. The number of halogens is 1. The third-order valence-electron chi connectivity index (χ3n) is 5.54. The predicted molar refractivity (Wildman–Crippen MR) is 121 cm³/mol. The number of benzene rings is 3. The molecule has 1 aliphatic rings. The fourth-order valence-corrected chi connectivity index (χ4v) is 4.06. The lowest BCUT2D eigenvalue weighted by Gasteiger charge is -2.27. The van der Waals surface area contributed by atoms with E-state index in [9.17, 15) is 0 Å². The third kappa shape index (κ3) is 3.22. The van der Waals surface area contributed by atoms with E-state index < -0.39 is 0 Å². The molecular weight excluding hydrogens is 378 g/mol. The molecule has 0 radical (unpaired) electrons. The highest BCUT2D eigenvalue weighted by Gasteiger charge is 2.25. The molecule has 1 atom stereocenters. The Labute approximate surface area is 175 Å². The fraction of sp³-hybridized carbons (Fsp3) is 0.160. The molecule has 0 fully saturated rings. The molecule has 0 bridgehead atoms. The van der Waals surface area contributed by atoms with Crippen LogP contribution in [0.1, 0.15) is 42.5 Å². The molecule has 0 spiro atoms. The zero-order valence-electron chi connectivity index (χ0n) is 16.4. The number of imidazole rings is 1. The number of hydrogen-bond donors (Lipinski definition) is 1. The molecule has 4 aromatic rings. The molecule has 3 nitrogen and oxygen atoms in total. The van der Waals surface area contributed by atoms with Crippen molar-refractivity contribution in [3.05, 3.63) is 101 Å². The van der Waals surface area contributed by atoms with E-state index in [4.69, 9.17) is 16.6 Å². The Hall–Kier alpha value is -3.04. The summed E-state index contributed by atoms with van der Waals surface area (Å²) in [4.78, 5) is 4.85. The van der Waals surface area contributed by atoms with Crippen LogP contribution in [0.4, 0.5) is 5.95 Å². The van der Waals surface area contributed by atoms with Crippen molar-refractivity contribution in [2.45, 2.75) is 25.8 Å². The summed E-state index contributed by atoms with van der Waals surface area (Å²) in [6.07, 6.45) is 2.27. The zero-order chi connectivity index (χ0) is 20.0. The van der Waals surface area contributed by atoms with Gasteiger partial charge in [-0.1, -0.05) is 74.0 Å². The quantitative estimate of drug-likeness (QED) is 0.407. The Morgan fingerprint density at radius 2 is 1.66 bits per heavy atom. The van der Waals surface area contributed by atoms with Gasteiger partial charge in [0.2, 0.25) is 5.95 Å². The number of aromatic nitrogens is 2. The molecule has 144 valence electrons. The van der Waals surface area contributed by atoms with Crippen LogP contribution in [0, 0.1) is 0 Å². The number of allylic oxidation sites excluding steroid dienone is 1. The molecular formula is C25H22ClN3. The van der Waals surface area contributed by atoms with Gasteiger partial charge in [0.15, 0.2) is 0 Å². The molecule has 29 heavy (non-hydrogen) atoms. The number of nitrogens with one attached hydrogen (secondary N) is 1. The predicted octanol–water partition coefficient (Wildman–Crippen LogP) is 6.87. The van der Waals surface area contributed by atoms with Gasteiger partial charge in [-0.05, 0) is 52.9 Å². The van der Waals surface area contributed by atoms with Gasteiger partial charge >= 0.3 is 0 Å². The Morgan fingerprint density at radius 3 is 2.38 bits per heavy atom. The Morgan fingerprint density at radius 1 is 0.931 bits per heavy atom. The van der Waals surface area contributed by atoms with Crippen molar-refractivity contribution in [2.75, 3.05) is 5.32 Å². The maximum Gasteiger partial charge on any atom is 0.209 e. The molecule has 1 N–H and O–H groups in total. The van der Waals surface area contributed by atoms with Gasteiger partial charge in [0.25, 0.3) is 0 Å². The van der Waals surface area contributed by atoms with Gasteiger partial charge in [-0.25, -0.2) is 4.98 Å². The summed E-state index contributed by atoms with van der Waals surface area (Å²) in [6.45, 7) is 4.43. The molecule has 3 aromatic carbocycles. The van der Waals surface area contributed by atoms with E-state index in [1.165, 1.54) is 11.1 Å². The molecule has 2 heterocycles. The van der Waals surface area contributed by atoms with Crippen LogP contribution in [-0.2, 0) is 0 Å². The van der Waals surface area contributed by atoms with E-state index in [-0.39, 0.29) is 6.04 Å². The first-order valence-corrected chi connectivity index (χ1v) is 10.3. The second-order valence-corrected chi connectivity index (χ2v) is 8.21. The smallest absolute Gasteiger partial charge is 0.209 e. The summed E-state index contributed by atoms with van der Waals surface area (Å²) in [5.74, 6) is 1.37. The molecule has 1 aromatic heterocycles. The van der Waals surface area contributed by atoms with Crippen molar-refractivity contribution in [3.63, 3.8) is 0 Å². The largest absolute Gasteiger partial charge is 0.325 e. The number of hydrogen-bond acceptors (Lipinski definition) is 2. The highest BCUT2D eigenvalue weighted by molar-refractivity contribution is 6.30. The van der Waals surface area contributed by atoms with Gasteiger partial charge in [-0.3, -0.25) is 4.57 Å². The van der Waals surface area contributed by atoms with Gasteiger partial charge in [-0.15, -0.1) is 0 Å². The van der Waals surface area contributed by atoms with Crippen LogP contribution >= 0.6 is 11.6 Å². The lowest BCUT2D eigenvalue weighted by atomic mass is 9.98. The average Bonchev–Trinajstić information content (AvgIpc) is 3.12. The SMILES string of the molecule is CC(C)c1ccc(C2=CC(c3ccc(Cl)cc3)n3c(nc4ccccc43)N2)cc1. The first-order valence-electron chi connectivity index (χ1n) is 9.92. The van der Waals surface area contributed by atoms with E-state index in [1.807, 2.05) is 18.2 Å². The fourth-order valence-electron chi connectivity index (χ4n) is 3.93. The lowest BCUT2D eigenvalue weighted by molar-refractivity contribution is 0.720. The maximum atomic E-state index is 6.14. The van der Waals surface area contributed by atoms with Crippen molar-refractivity contribution in [1.29, 1.82) is 0 Å². The van der Waals surface area contributed by atoms with Crippen molar-refractivity contribution >= 4 is 34.3 Å². The van der Waals surface area contributed by atoms with Crippen LogP contribution in [0.25, 0.3) is 16.7 Å². The van der Waals surface area contributed by atoms with Gasteiger partial charge in [0, 0.05) is 10.7 Å². The summed E-state index contributed by atoms with van der Waals surface area (Å²) in [6, 6.07) is 25.1. The average molecular weight is 400 g/mol. The first kappa shape index (κ1) is 18.0. The van der Waals surface area contributed by atoms with Crippen LogP contribution in [0.3, 0.4) is 0 Å². The Balaban J connectivity index is 1.65. The number of nitrogens with zero attached hydrogens (tertiary/aromatic N) is 2. The Bertz CT molecular complexity index is 1200. The summed E-state index contributed by atoms with van der Waals surface area (Å²) in [7, 11) is 0. The summed E-state index contributed by atoms with van der Waals surface area (Å²) < 4.78 is 2.25. The second-order valence-electron chi connectivity index (χ2n) is 7.77. The number of anilines is 1. The van der Waals surface area contributed by atoms with E-state index in [1.54, 1.807) is 0 Å². The molecule has 5 rings (SSSR count). The normalized spacial score (nSPS) is 15.9. The van der Waals surface area contributed by atoms with Gasteiger partial charge in [-0.2, -0.15) is 0 Å². The summed E-state index contributed by atoms with van der Waals surface area (Å²) in [5, 5.41) is 4.29. The minimum atomic E-state index is 0.0377. The monoisotopic (exact) mass is 399 g/mol. The highest BCUT2D eigenvalue weighted by atomic mass is 35.5. The van der Waals surface area contributed by atoms with E-state index in [0.29, 0.717) is 5.92 Å². The maximum absolute atomic E-state index is 6.14. The lowest BCUT2D eigenvalue weighted by Crippen LogP contribution is -2.19. The molecule has 0 aliphatic carbocycles. The Kier molecular flexibility index (Phi) is 4.40. The van der Waals surface area contributed by atoms with Crippen LogP contribution in [0.15, 0.2) is 78.9 Å². The second kappa shape index (κ2) is 7.09. The third-order valence-corrected chi connectivity index (χ3v) is 5.80. The van der Waals surface area contributed by atoms with Crippen LogP contribution < -0.4 is 5.32 Å². The number of para-hydroxylation sites is 2. The van der Waals surface area contributed by atoms with Gasteiger partial charge < -0.3 is 5.32 Å². The van der Waals surface area contributed by atoms with Crippen molar-refractivity contribution in [2.24, 2.45) is 0 Å². The molecule has 0 saturated heterocycles. The van der Waals surface area contributed by atoms with E-state index in [0.717, 1.165) is 33.3 Å². The van der Waals surface area contributed by atoms with E-state index >= 15 is 0 Å². The van der Waals surface area contributed by atoms with Crippen molar-refractivity contribution in [1.82, 2.24) is 9.55 Å². The number of fused-ring (bicyclic) bond motifs is 3. The van der Waals surface area contributed by atoms with Gasteiger partial charge in [0.1, 0.15) is 0 Å². The van der Waals surface area contributed by atoms with Gasteiger partial charge in [0.05, 0.1) is 17.1 Å². The number of rotatable bonds is 3. The molecule has 4 heteroatoms.